The number of aromatic nitrogens is 2. The van der Waals surface area contributed by atoms with Crippen LogP contribution < -0.4 is 4.72 Å². The number of fused-ring (bicyclic) bond motifs is 1. The SMILES string of the molecule is O=S(=O)(Nc1nc2ccccc2nc1SCc1ccc(Cl)cc1)c1cc(Cl)ccc1Cl. The van der Waals surface area contributed by atoms with Gasteiger partial charge in [-0.2, -0.15) is 0 Å². The molecule has 0 atom stereocenters. The molecule has 0 radical (unpaired) electrons. The Morgan fingerprint density at radius 2 is 1.48 bits per heavy atom. The van der Waals surface area contributed by atoms with E-state index in [9.17, 15) is 8.42 Å². The van der Waals surface area contributed by atoms with Gasteiger partial charge in [0.25, 0.3) is 10.0 Å². The Balaban J connectivity index is 1.72. The summed E-state index contributed by atoms with van der Waals surface area (Å²) >= 11 is 19.4. The molecule has 0 aliphatic rings. The Morgan fingerprint density at radius 1 is 0.839 bits per heavy atom. The molecular weight excluding hydrogens is 497 g/mol. The van der Waals surface area contributed by atoms with Crippen LogP contribution in [0, 0.1) is 0 Å². The van der Waals surface area contributed by atoms with Gasteiger partial charge in [-0.1, -0.05) is 70.8 Å². The van der Waals surface area contributed by atoms with Crippen molar-refractivity contribution in [1.29, 1.82) is 0 Å². The van der Waals surface area contributed by atoms with Crippen molar-refractivity contribution in [2.24, 2.45) is 0 Å². The third-order valence-electron chi connectivity index (χ3n) is 4.24. The first-order valence-corrected chi connectivity index (χ1v) is 12.5. The number of sulfonamides is 1. The van der Waals surface area contributed by atoms with Gasteiger partial charge in [0, 0.05) is 15.8 Å². The summed E-state index contributed by atoms with van der Waals surface area (Å²) in [5, 5.41) is 1.40. The van der Waals surface area contributed by atoms with Crippen LogP contribution in [-0.4, -0.2) is 18.4 Å². The van der Waals surface area contributed by atoms with Crippen molar-refractivity contribution in [2.45, 2.75) is 15.7 Å². The molecule has 0 fully saturated rings. The minimum Gasteiger partial charge on any atom is -0.261 e. The van der Waals surface area contributed by atoms with Crippen LogP contribution in [0.15, 0.2) is 76.7 Å². The molecule has 0 amide bonds. The molecule has 0 aliphatic carbocycles. The van der Waals surface area contributed by atoms with Crippen LogP contribution in [0.5, 0.6) is 0 Å². The molecule has 4 aromatic rings. The molecule has 0 saturated carbocycles. The third-order valence-corrected chi connectivity index (χ3v) is 7.58. The zero-order valence-electron chi connectivity index (χ0n) is 15.7. The predicted octanol–water partition coefficient (Wildman–Crippen LogP) is 6.68. The smallest absolute Gasteiger partial charge is 0.261 e. The van der Waals surface area contributed by atoms with E-state index in [0.29, 0.717) is 26.8 Å². The monoisotopic (exact) mass is 509 g/mol. The molecular formula is C21H14Cl3N3O2S2. The van der Waals surface area contributed by atoms with Crippen molar-refractivity contribution in [1.82, 2.24) is 9.97 Å². The number of halogens is 3. The Hall–Kier alpha value is -2.03. The summed E-state index contributed by atoms with van der Waals surface area (Å²) in [6.45, 7) is 0. The first-order chi connectivity index (χ1) is 14.8. The first-order valence-electron chi connectivity index (χ1n) is 8.94. The predicted molar refractivity (Wildman–Crippen MR) is 128 cm³/mol. The maximum Gasteiger partial charge on any atom is 0.264 e. The van der Waals surface area contributed by atoms with Gasteiger partial charge in [0.2, 0.25) is 0 Å². The topological polar surface area (TPSA) is 72.0 Å². The van der Waals surface area contributed by atoms with Gasteiger partial charge in [-0.05, 0) is 48.0 Å². The molecule has 0 aliphatic heterocycles. The fourth-order valence-corrected chi connectivity index (χ4v) is 5.60. The average Bonchev–Trinajstić information content (AvgIpc) is 2.74. The number of anilines is 1. The Morgan fingerprint density at radius 3 is 2.19 bits per heavy atom. The van der Waals surface area contributed by atoms with E-state index in [2.05, 4.69) is 14.7 Å². The van der Waals surface area contributed by atoms with E-state index in [-0.39, 0.29) is 20.8 Å². The number of hydrogen-bond donors (Lipinski definition) is 1. The zero-order valence-corrected chi connectivity index (χ0v) is 19.6. The fourth-order valence-electron chi connectivity index (χ4n) is 2.75. The van der Waals surface area contributed by atoms with E-state index in [1.807, 2.05) is 30.3 Å². The van der Waals surface area contributed by atoms with E-state index in [1.54, 1.807) is 18.2 Å². The van der Waals surface area contributed by atoms with Crippen LogP contribution >= 0.6 is 46.6 Å². The van der Waals surface area contributed by atoms with Crippen LogP contribution in [0.3, 0.4) is 0 Å². The summed E-state index contributed by atoms with van der Waals surface area (Å²) in [7, 11) is -4.05. The van der Waals surface area contributed by atoms with Gasteiger partial charge in [0.15, 0.2) is 5.82 Å². The van der Waals surface area contributed by atoms with Gasteiger partial charge >= 0.3 is 0 Å². The van der Waals surface area contributed by atoms with E-state index in [4.69, 9.17) is 34.8 Å². The molecule has 0 bridgehead atoms. The van der Waals surface area contributed by atoms with Crippen molar-refractivity contribution in [3.63, 3.8) is 0 Å². The highest BCUT2D eigenvalue weighted by atomic mass is 35.5. The molecule has 0 unspecified atom stereocenters. The largest absolute Gasteiger partial charge is 0.264 e. The quantitative estimate of drug-likeness (QED) is 0.293. The normalized spacial score (nSPS) is 11.6. The van der Waals surface area contributed by atoms with E-state index < -0.39 is 10.0 Å². The van der Waals surface area contributed by atoms with Crippen LogP contribution in [0.2, 0.25) is 15.1 Å². The first kappa shape index (κ1) is 22.2. The van der Waals surface area contributed by atoms with E-state index in [1.165, 1.54) is 30.0 Å². The summed E-state index contributed by atoms with van der Waals surface area (Å²) in [6.07, 6.45) is 0. The molecule has 3 aromatic carbocycles. The van der Waals surface area contributed by atoms with Crippen LogP contribution in [0.25, 0.3) is 11.0 Å². The number of rotatable bonds is 6. The number of benzene rings is 3. The summed E-state index contributed by atoms with van der Waals surface area (Å²) in [5.41, 5.74) is 2.23. The molecule has 5 nitrogen and oxygen atoms in total. The van der Waals surface area contributed by atoms with Gasteiger partial charge in [-0.25, -0.2) is 18.4 Å². The summed E-state index contributed by atoms with van der Waals surface area (Å²) < 4.78 is 28.6. The molecule has 0 saturated heterocycles. The third kappa shape index (κ3) is 5.25. The number of para-hydroxylation sites is 2. The molecule has 31 heavy (non-hydrogen) atoms. The number of nitrogens with zero attached hydrogens (tertiary/aromatic N) is 2. The lowest BCUT2D eigenvalue weighted by molar-refractivity contribution is 0.601. The molecule has 1 aromatic heterocycles. The standard InChI is InChI=1S/C21H14Cl3N3O2S2/c22-14-7-5-13(6-8-14)12-30-21-20(25-17-3-1-2-4-18(17)26-21)27-31(28,29)19-11-15(23)9-10-16(19)24/h1-11H,12H2,(H,25,27). The van der Waals surface area contributed by atoms with E-state index >= 15 is 0 Å². The van der Waals surface area contributed by atoms with Crippen LogP contribution in [0.1, 0.15) is 5.56 Å². The highest BCUT2D eigenvalue weighted by Gasteiger charge is 2.22. The van der Waals surface area contributed by atoms with Gasteiger partial charge in [-0.3, -0.25) is 4.72 Å². The number of hydrogen-bond acceptors (Lipinski definition) is 5. The van der Waals surface area contributed by atoms with Crippen molar-refractivity contribution in [2.75, 3.05) is 4.72 Å². The Bertz CT molecular complexity index is 1360. The lowest BCUT2D eigenvalue weighted by Crippen LogP contribution is -2.16. The molecule has 1 N–H and O–H groups in total. The Kier molecular flexibility index (Phi) is 6.60. The number of thioether (sulfide) groups is 1. The molecule has 4 rings (SSSR count). The van der Waals surface area contributed by atoms with Crippen molar-refractivity contribution < 1.29 is 8.42 Å². The second-order valence-corrected chi connectivity index (χ2v) is 10.4. The van der Waals surface area contributed by atoms with Crippen molar-refractivity contribution >= 4 is 73.4 Å². The van der Waals surface area contributed by atoms with E-state index in [0.717, 1.165) is 5.56 Å². The second-order valence-electron chi connectivity index (χ2n) is 6.46. The maximum absolute atomic E-state index is 13.0. The summed E-state index contributed by atoms with van der Waals surface area (Å²) in [5.74, 6) is 0.672. The zero-order chi connectivity index (χ0) is 22.0. The lowest BCUT2D eigenvalue weighted by atomic mass is 10.2. The van der Waals surface area contributed by atoms with Gasteiger partial charge in [0.05, 0.1) is 16.1 Å². The Labute approximate surface area is 198 Å². The van der Waals surface area contributed by atoms with Gasteiger partial charge in [0.1, 0.15) is 9.92 Å². The van der Waals surface area contributed by atoms with Crippen molar-refractivity contribution in [3.05, 3.63) is 87.4 Å². The number of nitrogens with one attached hydrogen (secondary N) is 1. The van der Waals surface area contributed by atoms with Crippen LogP contribution in [0.4, 0.5) is 5.82 Å². The maximum atomic E-state index is 13.0. The molecule has 0 spiro atoms. The highest BCUT2D eigenvalue weighted by molar-refractivity contribution is 7.98. The summed E-state index contributed by atoms with van der Waals surface area (Å²) in [6, 6.07) is 18.9. The van der Waals surface area contributed by atoms with Gasteiger partial charge in [-0.15, -0.1) is 0 Å². The molecule has 158 valence electrons. The minimum atomic E-state index is -4.05. The summed E-state index contributed by atoms with van der Waals surface area (Å²) in [4.78, 5) is 8.97. The highest BCUT2D eigenvalue weighted by Crippen LogP contribution is 2.32. The average molecular weight is 511 g/mol. The van der Waals surface area contributed by atoms with Crippen molar-refractivity contribution in [3.8, 4) is 0 Å². The molecule has 10 heteroatoms. The fraction of sp³-hybridized carbons (Fsp3) is 0.0476. The molecule has 1 heterocycles. The van der Waals surface area contributed by atoms with Gasteiger partial charge < -0.3 is 0 Å². The van der Waals surface area contributed by atoms with Crippen LogP contribution in [-0.2, 0) is 15.8 Å². The minimum absolute atomic E-state index is 0.0565. The lowest BCUT2D eigenvalue weighted by Gasteiger charge is -2.13. The second kappa shape index (κ2) is 9.22.